The molecule has 0 bridgehead atoms. The van der Waals surface area contributed by atoms with Crippen LogP contribution in [0.2, 0.25) is 0 Å². The quantitative estimate of drug-likeness (QED) is 0.423. The maximum absolute atomic E-state index is 12.5. The Morgan fingerprint density at radius 2 is 1.54 bits per heavy atom. The molecule has 0 aromatic carbocycles. The number of hydrogen-bond acceptors (Lipinski definition) is 6. The molecule has 0 spiro atoms. The Kier molecular flexibility index (Phi) is 12.4. The molecule has 0 saturated carbocycles. The van der Waals surface area contributed by atoms with Gasteiger partial charge in [-0.3, -0.25) is 9.59 Å². The van der Waals surface area contributed by atoms with Crippen molar-refractivity contribution in [2.24, 2.45) is 0 Å². The van der Waals surface area contributed by atoms with Gasteiger partial charge in [0.2, 0.25) is 0 Å². The molecule has 2 atom stereocenters. The molecule has 0 aromatic heterocycles. The maximum atomic E-state index is 12.5. The van der Waals surface area contributed by atoms with Crippen molar-refractivity contribution < 1.29 is 38.8 Å². The highest BCUT2D eigenvalue weighted by molar-refractivity contribution is 5.68. The minimum Gasteiger partial charge on any atom is -0.481 e. The summed E-state index contributed by atoms with van der Waals surface area (Å²) < 4.78 is 16.3. The number of carbonyl (C=O) groups excluding carboxylic acids is 1. The van der Waals surface area contributed by atoms with Gasteiger partial charge in [0.25, 0.3) is 0 Å². The van der Waals surface area contributed by atoms with Gasteiger partial charge in [-0.25, -0.2) is 4.79 Å². The van der Waals surface area contributed by atoms with Gasteiger partial charge in [0.05, 0.1) is 25.7 Å². The van der Waals surface area contributed by atoms with Crippen LogP contribution < -0.4 is 0 Å². The zero-order valence-corrected chi connectivity index (χ0v) is 17.6. The summed E-state index contributed by atoms with van der Waals surface area (Å²) in [6.45, 7) is 9.95. The van der Waals surface area contributed by atoms with E-state index in [2.05, 4.69) is 0 Å². The smallest absolute Gasteiger partial charge is 0.410 e. The largest absolute Gasteiger partial charge is 0.481 e. The van der Waals surface area contributed by atoms with E-state index < -0.39 is 23.6 Å². The number of nitrogens with zero attached hydrogens (tertiary/aromatic N) is 1. The lowest BCUT2D eigenvalue weighted by atomic mass is 10.2. The molecule has 28 heavy (non-hydrogen) atoms. The third-order valence-corrected chi connectivity index (χ3v) is 3.80. The van der Waals surface area contributed by atoms with Crippen LogP contribution in [0.4, 0.5) is 4.79 Å². The fourth-order valence-corrected chi connectivity index (χ4v) is 2.24. The molecule has 0 fully saturated rings. The lowest BCUT2D eigenvalue weighted by molar-refractivity contribution is -0.139. The van der Waals surface area contributed by atoms with Crippen LogP contribution in [-0.2, 0) is 23.8 Å². The van der Waals surface area contributed by atoms with E-state index in [0.717, 1.165) is 0 Å². The predicted octanol–water partition coefficient (Wildman–Crippen LogP) is 2.76. The Labute approximate surface area is 166 Å². The van der Waals surface area contributed by atoms with E-state index in [9.17, 15) is 14.4 Å². The van der Waals surface area contributed by atoms with E-state index in [4.69, 9.17) is 24.4 Å². The third kappa shape index (κ3) is 14.2. The number of carboxylic acids is 2. The van der Waals surface area contributed by atoms with Gasteiger partial charge in [-0.15, -0.1) is 0 Å². The molecule has 0 rings (SSSR count). The summed E-state index contributed by atoms with van der Waals surface area (Å²) in [5, 5.41) is 17.3. The molecule has 164 valence electrons. The fourth-order valence-electron chi connectivity index (χ4n) is 2.24. The first-order chi connectivity index (χ1) is 12.9. The predicted molar refractivity (Wildman–Crippen MR) is 102 cm³/mol. The third-order valence-electron chi connectivity index (χ3n) is 3.80. The summed E-state index contributed by atoms with van der Waals surface area (Å²) >= 11 is 0. The van der Waals surface area contributed by atoms with Crippen molar-refractivity contribution in [1.29, 1.82) is 0 Å². The minimum atomic E-state index is -0.938. The number of aliphatic carboxylic acids is 2. The Morgan fingerprint density at radius 1 is 0.929 bits per heavy atom. The molecule has 1 amide bonds. The van der Waals surface area contributed by atoms with Gasteiger partial charge in [0.1, 0.15) is 5.60 Å². The molecule has 0 aromatic rings. The van der Waals surface area contributed by atoms with Crippen LogP contribution >= 0.6 is 0 Å². The number of carboxylic acid groups (broad SMARTS) is 2. The molecule has 0 heterocycles. The Morgan fingerprint density at radius 3 is 2.07 bits per heavy atom. The Bertz CT molecular complexity index is 489. The summed E-state index contributed by atoms with van der Waals surface area (Å²) in [6.07, 6.45) is 0.277. The van der Waals surface area contributed by atoms with Crippen molar-refractivity contribution in [1.82, 2.24) is 4.90 Å². The van der Waals surface area contributed by atoms with Crippen LogP contribution in [0, 0.1) is 0 Å². The van der Waals surface area contributed by atoms with Crippen LogP contribution in [0.1, 0.15) is 60.3 Å². The van der Waals surface area contributed by atoms with Gasteiger partial charge in [-0.2, -0.15) is 0 Å². The SMILES string of the molecule is CC(CCC(=O)O)OCCC(C)N(CCOCCC(=O)O)C(=O)OC(C)(C)C. The summed E-state index contributed by atoms with van der Waals surface area (Å²) in [4.78, 5) is 35.1. The topological polar surface area (TPSA) is 123 Å². The van der Waals surface area contributed by atoms with Crippen molar-refractivity contribution in [2.45, 2.75) is 78.0 Å². The minimum absolute atomic E-state index is 0.0500. The normalized spacial score (nSPS) is 13.6. The van der Waals surface area contributed by atoms with E-state index in [0.29, 0.717) is 19.4 Å². The lowest BCUT2D eigenvalue weighted by Gasteiger charge is -2.32. The average Bonchev–Trinajstić information content (AvgIpc) is 2.54. The van der Waals surface area contributed by atoms with E-state index in [1.165, 1.54) is 4.90 Å². The van der Waals surface area contributed by atoms with Gasteiger partial charge in [-0.05, 0) is 47.5 Å². The monoisotopic (exact) mass is 405 g/mol. The molecule has 2 unspecified atom stereocenters. The average molecular weight is 405 g/mol. The molecular formula is C19H35NO8. The number of hydrogen-bond donors (Lipinski definition) is 2. The molecule has 0 saturated heterocycles. The molecule has 9 heteroatoms. The summed E-state index contributed by atoms with van der Waals surface area (Å²) in [7, 11) is 0. The van der Waals surface area contributed by atoms with Crippen molar-refractivity contribution in [3.63, 3.8) is 0 Å². The molecule has 0 aliphatic heterocycles. The van der Waals surface area contributed by atoms with E-state index in [-0.39, 0.29) is 44.7 Å². The van der Waals surface area contributed by atoms with Crippen molar-refractivity contribution in [3.05, 3.63) is 0 Å². The van der Waals surface area contributed by atoms with Crippen LogP contribution in [-0.4, -0.2) is 77.3 Å². The molecule has 0 radical (unpaired) electrons. The zero-order chi connectivity index (χ0) is 21.7. The van der Waals surface area contributed by atoms with Crippen LogP contribution in [0.15, 0.2) is 0 Å². The summed E-state index contributed by atoms with van der Waals surface area (Å²) in [6, 6.07) is -0.190. The molecule has 2 N–H and O–H groups in total. The number of amides is 1. The van der Waals surface area contributed by atoms with Crippen LogP contribution in [0.3, 0.4) is 0 Å². The highest BCUT2D eigenvalue weighted by Gasteiger charge is 2.26. The van der Waals surface area contributed by atoms with Gasteiger partial charge in [0, 0.05) is 25.6 Å². The second-order valence-electron chi connectivity index (χ2n) is 7.68. The highest BCUT2D eigenvalue weighted by Crippen LogP contribution is 2.14. The Hall–Kier alpha value is -1.87. The summed E-state index contributed by atoms with van der Waals surface area (Å²) in [5.74, 6) is -1.80. The van der Waals surface area contributed by atoms with Crippen molar-refractivity contribution in [3.8, 4) is 0 Å². The molecular weight excluding hydrogens is 370 g/mol. The van der Waals surface area contributed by atoms with E-state index in [1.807, 2.05) is 13.8 Å². The first-order valence-corrected chi connectivity index (χ1v) is 9.55. The Balaban J connectivity index is 4.55. The number of ether oxygens (including phenoxy) is 3. The standard InChI is InChI=1S/C19H35NO8/c1-14(8-12-27-15(2)6-7-16(21)22)20(18(25)28-19(3,4)5)10-13-26-11-9-17(23)24/h14-15H,6-13H2,1-5H3,(H,21,22)(H,23,24). The van der Waals surface area contributed by atoms with Crippen molar-refractivity contribution >= 4 is 18.0 Å². The second kappa shape index (κ2) is 13.3. The van der Waals surface area contributed by atoms with Crippen LogP contribution in [0.25, 0.3) is 0 Å². The fraction of sp³-hybridized carbons (Fsp3) is 0.842. The van der Waals surface area contributed by atoms with Gasteiger partial charge in [0.15, 0.2) is 0 Å². The van der Waals surface area contributed by atoms with Gasteiger partial charge in [-0.1, -0.05) is 0 Å². The van der Waals surface area contributed by atoms with E-state index in [1.54, 1.807) is 20.8 Å². The first-order valence-electron chi connectivity index (χ1n) is 9.55. The molecule has 9 nitrogen and oxygen atoms in total. The number of carbonyl (C=O) groups is 3. The lowest BCUT2D eigenvalue weighted by Crippen LogP contribution is -2.44. The summed E-state index contributed by atoms with van der Waals surface area (Å²) in [5.41, 5.74) is -0.638. The van der Waals surface area contributed by atoms with Gasteiger partial charge < -0.3 is 29.3 Å². The highest BCUT2D eigenvalue weighted by atomic mass is 16.6. The first kappa shape index (κ1) is 26.1. The second-order valence-corrected chi connectivity index (χ2v) is 7.68. The zero-order valence-electron chi connectivity index (χ0n) is 17.6. The maximum Gasteiger partial charge on any atom is 0.410 e. The molecule has 0 aliphatic carbocycles. The van der Waals surface area contributed by atoms with Crippen LogP contribution in [0.5, 0.6) is 0 Å². The number of rotatable bonds is 14. The van der Waals surface area contributed by atoms with Gasteiger partial charge >= 0.3 is 18.0 Å². The van der Waals surface area contributed by atoms with E-state index >= 15 is 0 Å². The molecule has 0 aliphatic rings. The van der Waals surface area contributed by atoms with Crippen molar-refractivity contribution in [2.75, 3.05) is 26.4 Å².